The van der Waals surface area contributed by atoms with Crippen molar-refractivity contribution >= 4 is 22.2 Å². The number of H-pyrrole nitrogens is 1. The van der Waals surface area contributed by atoms with Crippen LogP contribution in [0.4, 0.5) is 0 Å². The Morgan fingerprint density at radius 3 is 3.00 bits per heavy atom. The fourth-order valence-corrected chi connectivity index (χ4v) is 2.68. The van der Waals surface area contributed by atoms with Crippen molar-refractivity contribution in [2.45, 2.75) is 13.5 Å². The van der Waals surface area contributed by atoms with Crippen molar-refractivity contribution in [3.8, 4) is 10.7 Å². The van der Waals surface area contributed by atoms with Gasteiger partial charge >= 0.3 is 0 Å². The molecule has 0 radical (unpaired) electrons. The number of benzene rings is 1. The van der Waals surface area contributed by atoms with E-state index in [2.05, 4.69) is 41.2 Å². The summed E-state index contributed by atoms with van der Waals surface area (Å²) in [7, 11) is 0. The number of hydrogen-bond acceptors (Lipinski definition) is 3. The molecular formula is C13H13N3S. The van der Waals surface area contributed by atoms with Gasteiger partial charge in [-0.2, -0.15) is 0 Å². The van der Waals surface area contributed by atoms with Crippen LogP contribution in [0.1, 0.15) is 11.3 Å². The van der Waals surface area contributed by atoms with Crippen LogP contribution >= 0.6 is 11.3 Å². The number of nitrogens with one attached hydrogen (secondary N) is 1. The number of aromatic amines is 1. The lowest BCUT2D eigenvalue weighted by Gasteiger charge is -1.91. The van der Waals surface area contributed by atoms with Crippen LogP contribution in [0.25, 0.3) is 21.6 Å². The Morgan fingerprint density at radius 1 is 1.35 bits per heavy atom. The SMILES string of the molecule is Cc1ccc2cc(-c3nc(CN)cs3)[nH]c2c1. The summed E-state index contributed by atoms with van der Waals surface area (Å²) in [4.78, 5) is 7.88. The highest BCUT2D eigenvalue weighted by molar-refractivity contribution is 7.13. The molecule has 0 saturated heterocycles. The molecule has 3 nitrogen and oxygen atoms in total. The number of fused-ring (bicyclic) bond motifs is 1. The van der Waals surface area contributed by atoms with Gasteiger partial charge in [-0.05, 0) is 24.6 Å². The molecule has 3 aromatic rings. The number of thiazole rings is 1. The Kier molecular flexibility index (Phi) is 2.46. The van der Waals surface area contributed by atoms with E-state index in [1.54, 1.807) is 11.3 Å². The first-order valence-corrected chi connectivity index (χ1v) is 6.38. The Balaban J connectivity index is 2.11. The lowest BCUT2D eigenvalue weighted by molar-refractivity contribution is 1.01. The third kappa shape index (κ3) is 1.85. The fourth-order valence-electron chi connectivity index (χ4n) is 1.88. The fraction of sp³-hybridized carbons (Fsp3) is 0.154. The van der Waals surface area contributed by atoms with Gasteiger partial charge in [0.2, 0.25) is 0 Å². The maximum Gasteiger partial charge on any atom is 0.140 e. The summed E-state index contributed by atoms with van der Waals surface area (Å²) in [5, 5.41) is 4.22. The summed E-state index contributed by atoms with van der Waals surface area (Å²) in [6.45, 7) is 2.59. The zero-order valence-electron chi connectivity index (χ0n) is 9.53. The van der Waals surface area contributed by atoms with Crippen molar-refractivity contribution in [2.24, 2.45) is 5.73 Å². The lowest BCUT2D eigenvalue weighted by atomic mass is 10.2. The van der Waals surface area contributed by atoms with Crippen LogP contribution in [-0.2, 0) is 6.54 Å². The number of hydrogen-bond donors (Lipinski definition) is 2. The molecular weight excluding hydrogens is 230 g/mol. The molecule has 0 aliphatic heterocycles. The molecule has 17 heavy (non-hydrogen) atoms. The monoisotopic (exact) mass is 243 g/mol. The first-order valence-electron chi connectivity index (χ1n) is 5.50. The summed E-state index contributed by atoms with van der Waals surface area (Å²) >= 11 is 1.62. The minimum absolute atomic E-state index is 0.496. The van der Waals surface area contributed by atoms with E-state index in [-0.39, 0.29) is 0 Å². The highest BCUT2D eigenvalue weighted by Gasteiger charge is 2.07. The molecule has 3 rings (SSSR count). The normalized spacial score (nSPS) is 11.2. The topological polar surface area (TPSA) is 54.7 Å². The van der Waals surface area contributed by atoms with Crippen LogP contribution < -0.4 is 5.73 Å². The van der Waals surface area contributed by atoms with Gasteiger partial charge < -0.3 is 10.7 Å². The summed E-state index contributed by atoms with van der Waals surface area (Å²) in [5.41, 5.74) is 9.99. The van der Waals surface area contributed by atoms with Crippen LogP contribution in [0.5, 0.6) is 0 Å². The van der Waals surface area contributed by atoms with Gasteiger partial charge in [0.1, 0.15) is 5.01 Å². The molecule has 86 valence electrons. The molecule has 4 heteroatoms. The van der Waals surface area contributed by atoms with Gasteiger partial charge in [0.25, 0.3) is 0 Å². The molecule has 0 unspecified atom stereocenters. The van der Waals surface area contributed by atoms with Crippen LogP contribution in [-0.4, -0.2) is 9.97 Å². The van der Waals surface area contributed by atoms with Gasteiger partial charge in [-0.1, -0.05) is 12.1 Å². The molecule has 0 aliphatic rings. The molecule has 0 saturated carbocycles. The molecule has 0 spiro atoms. The second-order valence-electron chi connectivity index (χ2n) is 4.12. The van der Waals surface area contributed by atoms with Gasteiger partial charge in [-0.25, -0.2) is 4.98 Å². The van der Waals surface area contributed by atoms with Gasteiger partial charge in [0.05, 0.1) is 11.4 Å². The largest absolute Gasteiger partial charge is 0.353 e. The highest BCUT2D eigenvalue weighted by atomic mass is 32.1. The molecule has 2 aromatic heterocycles. The number of aromatic nitrogens is 2. The van der Waals surface area contributed by atoms with Crippen molar-refractivity contribution in [3.63, 3.8) is 0 Å². The third-order valence-corrected chi connectivity index (χ3v) is 3.69. The second kappa shape index (κ2) is 3.98. The average Bonchev–Trinajstić information content (AvgIpc) is 2.93. The standard InChI is InChI=1S/C13H13N3S/c1-8-2-3-9-5-12(16-11(9)4-8)13-15-10(6-14)7-17-13/h2-5,7,16H,6,14H2,1H3. The van der Waals surface area contributed by atoms with Crippen molar-refractivity contribution < 1.29 is 0 Å². The van der Waals surface area contributed by atoms with E-state index in [9.17, 15) is 0 Å². The smallest absolute Gasteiger partial charge is 0.140 e. The summed E-state index contributed by atoms with van der Waals surface area (Å²) in [6, 6.07) is 8.53. The highest BCUT2D eigenvalue weighted by Crippen LogP contribution is 2.27. The predicted molar refractivity (Wildman–Crippen MR) is 72.0 cm³/mol. The van der Waals surface area contributed by atoms with Crippen LogP contribution in [0, 0.1) is 6.92 Å². The van der Waals surface area contributed by atoms with E-state index in [4.69, 9.17) is 5.73 Å². The molecule has 3 N–H and O–H groups in total. The minimum Gasteiger partial charge on any atom is -0.353 e. The summed E-state index contributed by atoms with van der Waals surface area (Å²) < 4.78 is 0. The zero-order chi connectivity index (χ0) is 11.8. The Hall–Kier alpha value is -1.65. The number of rotatable bonds is 2. The van der Waals surface area contributed by atoms with Crippen molar-refractivity contribution in [2.75, 3.05) is 0 Å². The van der Waals surface area contributed by atoms with Crippen LogP contribution in [0.3, 0.4) is 0 Å². The molecule has 1 aromatic carbocycles. The maximum atomic E-state index is 5.57. The molecule has 0 bridgehead atoms. The molecule has 0 amide bonds. The van der Waals surface area contributed by atoms with E-state index >= 15 is 0 Å². The summed E-state index contributed by atoms with van der Waals surface area (Å²) in [6.07, 6.45) is 0. The quantitative estimate of drug-likeness (QED) is 0.726. The number of nitrogens with two attached hydrogens (primary N) is 1. The maximum absolute atomic E-state index is 5.57. The van der Waals surface area contributed by atoms with Crippen molar-refractivity contribution in [1.82, 2.24) is 9.97 Å². The molecule has 0 aliphatic carbocycles. The predicted octanol–water partition coefficient (Wildman–Crippen LogP) is 3.06. The Morgan fingerprint density at radius 2 is 2.24 bits per heavy atom. The van der Waals surface area contributed by atoms with E-state index in [1.165, 1.54) is 10.9 Å². The Labute approximate surface area is 103 Å². The minimum atomic E-state index is 0.496. The molecule has 2 heterocycles. The van der Waals surface area contributed by atoms with E-state index in [0.717, 1.165) is 21.9 Å². The molecule has 0 fully saturated rings. The summed E-state index contributed by atoms with van der Waals surface area (Å²) in [5.74, 6) is 0. The zero-order valence-corrected chi connectivity index (χ0v) is 10.3. The van der Waals surface area contributed by atoms with Crippen molar-refractivity contribution in [1.29, 1.82) is 0 Å². The van der Waals surface area contributed by atoms with Crippen LogP contribution in [0.2, 0.25) is 0 Å². The third-order valence-electron chi connectivity index (χ3n) is 2.77. The first-order chi connectivity index (χ1) is 8.26. The van der Waals surface area contributed by atoms with E-state index in [0.29, 0.717) is 6.54 Å². The lowest BCUT2D eigenvalue weighted by Crippen LogP contribution is -1.95. The van der Waals surface area contributed by atoms with Gasteiger partial charge in [-0.15, -0.1) is 11.3 Å². The van der Waals surface area contributed by atoms with E-state index in [1.807, 2.05) is 5.38 Å². The average molecular weight is 243 g/mol. The second-order valence-corrected chi connectivity index (χ2v) is 4.98. The van der Waals surface area contributed by atoms with E-state index < -0.39 is 0 Å². The van der Waals surface area contributed by atoms with Crippen molar-refractivity contribution in [3.05, 3.63) is 40.9 Å². The number of aryl methyl sites for hydroxylation is 1. The van der Waals surface area contributed by atoms with Gasteiger partial charge in [0, 0.05) is 22.8 Å². The first kappa shape index (κ1) is 10.5. The Bertz CT molecular complexity index is 666. The van der Waals surface area contributed by atoms with Gasteiger partial charge in [-0.3, -0.25) is 0 Å². The van der Waals surface area contributed by atoms with Gasteiger partial charge in [0.15, 0.2) is 0 Å². The van der Waals surface area contributed by atoms with Crippen LogP contribution in [0.15, 0.2) is 29.6 Å². The molecule has 0 atom stereocenters. The number of nitrogens with zero attached hydrogens (tertiary/aromatic N) is 1.